The van der Waals surface area contributed by atoms with Crippen LogP contribution >= 0.6 is 0 Å². The third-order valence-corrected chi connectivity index (χ3v) is 5.49. The number of fused-ring (bicyclic) bond motifs is 1. The van der Waals surface area contributed by atoms with E-state index in [0.29, 0.717) is 5.82 Å². The molecule has 0 saturated heterocycles. The Morgan fingerprint density at radius 1 is 0.912 bits per heavy atom. The molecular formula is C31H37N3. The van der Waals surface area contributed by atoms with Gasteiger partial charge in [0.25, 0.3) is 0 Å². The van der Waals surface area contributed by atoms with Crippen LogP contribution < -0.4 is 16.2 Å². The van der Waals surface area contributed by atoms with Gasteiger partial charge in [-0.25, -0.2) is 0 Å². The average Bonchev–Trinajstić information content (AvgIpc) is 2.78. The first-order valence-electron chi connectivity index (χ1n) is 11.9. The molecule has 176 valence electrons. The Balaban J connectivity index is 0.000000248. The monoisotopic (exact) mass is 451 g/mol. The van der Waals surface area contributed by atoms with Crippen molar-refractivity contribution in [1.82, 2.24) is 10.9 Å². The summed E-state index contributed by atoms with van der Waals surface area (Å²) >= 11 is 0. The van der Waals surface area contributed by atoms with Crippen LogP contribution in [0.3, 0.4) is 0 Å². The molecule has 0 radical (unpaired) electrons. The Morgan fingerprint density at radius 3 is 2.32 bits per heavy atom. The molecule has 3 aromatic carbocycles. The van der Waals surface area contributed by atoms with Gasteiger partial charge < -0.3 is 10.7 Å². The minimum Gasteiger partial charge on any atom is -0.341 e. The smallest absolute Gasteiger partial charge is 0.114 e. The fourth-order valence-electron chi connectivity index (χ4n) is 3.98. The van der Waals surface area contributed by atoms with E-state index in [1.165, 1.54) is 34.2 Å². The fourth-order valence-corrected chi connectivity index (χ4v) is 3.98. The van der Waals surface area contributed by atoms with Crippen molar-refractivity contribution < 1.29 is 0 Å². The molecule has 0 aromatic heterocycles. The summed E-state index contributed by atoms with van der Waals surface area (Å²) < 4.78 is 0. The van der Waals surface area contributed by atoms with Gasteiger partial charge in [-0.3, -0.25) is 5.43 Å². The molecular weight excluding hydrogens is 414 g/mol. The zero-order valence-electron chi connectivity index (χ0n) is 20.9. The lowest BCUT2D eigenvalue weighted by molar-refractivity contribution is 0.647. The number of allylic oxidation sites excluding steroid dienone is 1. The Bertz CT molecular complexity index is 1170. The third-order valence-electron chi connectivity index (χ3n) is 5.49. The summed E-state index contributed by atoms with van der Waals surface area (Å²) in [5.41, 5.74) is 16.0. The lowest BCUT2D eigenvalue weighted by Gasteiger charge is -2.21. The Labute approximate surface area is 205 Å². The highest BCUT2D eigenvalue weighted by Crippen LogP contribution is 2.30. The molecule has 0 atom stereocenters. The molecule has 0 aliphatic heterocycles. The minimum absolute atomic E-state index is 0.695. The lowest BCUT2D eigenvalue weighted by atomic mass is 9.92. The second-order valence-electron chi connectivity index (χ2n) is 9.35. The topological polar surface area (TPSA) is 36.1 Å². The van der Waals surface area contributed by atoms with Crippen molar-refractivity contribution in [3.63, 3.8) is 0 Å². The van der Waals surface area contributed by atoms with E-state index < -0.39 is 0 Å². The van der Waals surface area contributed by atoms with Crippen LogP contribution in [0.2, 0.25) is 0 Å². The van der Waals surface area contributed by atoms with Gasteiger partial charge in [0.05, 0.1) is 0 Å². The number of hydrogen-bond donors (Lipinski definition) is 3. The average molecular weight is 452 g/mol. The zero-order valence-corrected chi connectivity index (χ0v) is 20.9. The summed E-state index contributed by atoms with van der Waals surface area (Å²) in [7, 11) is 0. The molecule has 0 bridgehead atoms. The van der Waals surface area contributed by atoms with Crippen LogP contribution in [0.4, 0.5) is 5.69 Å². The molecule has 3 nitrogen and oxygen atoms in total. The molecule has 0 fully saturated rings. The Morgan fingerprint density at radius 2 is 1.62 bits per heavy atom. The van der Waals surface area contributed by atoms with E-state index in [1.54, 1.807) is 0 Å². The summed E-state index contributed by atoms with van der Waals surface area (Å²) in [4.78, 5) is 0. The van der Waals surface area contributed by atoms with Gasteiger partial charge in [-0.15, -0.1) is 0 Å². The standard InChI is InChI=1S/C20H21N3.C11H16/c1-14-7-6-9-18(11-14)21-16(3)22-23-19-12-15(2)20-10-5-4-8-17(20)13-19;1-9(2)7-11-6-4-5-10(3)8-11/h4-11,13,21-23H,2-3,12H2,1H3;4-6,8-9H,7H2,1-3H3. The van der Waals surface area contributed by atoms with Crippen molar-refractivity contribution in [2.75, 3.05) is 5.32 Å². The van der Waals surface area contributed by atoms with E-state index in [2.05, 4.69) is 112 Å². The molecule has 4 rings (SSSR count). The number of rotatable bonds is 7. The van der Waals surface area contributed by atoms with Crippen LogP contribution in [-0.2, 0) is 6.42 Å². The maximum Gasteiger partial charge on any atom is 0.114 e. The van der Waals surface area contributed by atoms with Crippen LogP contribution in [0.25, 0.3) is 11.6 Å². The van der Waals surface area contributed by atoms with E-state index >= 15 is 0 Å². The van der Waals surface area contributed by atoms with E-state index in [4.69, 9.17) is 0 Å². The molecule has 0 amide bonds. The number of hydrazine groups is 1. The summed E-state index contributed by atoms with van der Waals surface area (Å²) in [6.45, 7) is 16.9. The van der Waals surface area contributed by atoms with Crippen molar-refractivity contribution in [2.45, 2.75) is 40.5 Å². The lowest BCUT2D eigenvalue weighted by Crippen LogP contribution is -2.33. The van der Waals surface area contributed by atoms with Gasteiger partial charge in [0.2, 0.25) is 0 Å². The molecule has 0 heterocycles. The van der Waals surface area contributed by atoms with Crippen LogP contribution in [0, 0.1) is 19.8 Å². The molecule has 34 heavy (non-hydrogen) atoms. The van der Waals surface area contributed by atoms with E-state index in [1.807, 2.05) is 24.3 Å². The van der Waals surface area contributed by atoms with Gasteiger partial charge >= 0.3 is 0 Å². The SMILES string of the molecule is C=C(NNC1=Cc2ccccc2C(=C)C1)Nc1cccc(C)c1.Cc1cccc(CC(C)C)c1. The normalized spacial score (nSPS) is 12.1. The largest absolute Gasteiger partial charge is 0.341 e. The highest BCUT2D eigenvalue weighted by Gasteiger charge is 2.13. The zero-order chi connectivity index (χ0) is 24.5. The molecule has 3 aromatic rings. The van der Waals surface area contributed by atoms with Crippen molar-refractivity contribution in [3.8, 4) is 0 Å². The summed E-state index contributed by atoms with van der Waals surface area (Å²) in [5, 5.41) is 3.23. The number of anilines is 1. The van der Waals surface area contributed by atoms with E-state index in [-0.39, 0.29) is 0 Å². The second-order valence-corrected chi connectivity index (χ2v) is 9.35. The summed E-state index contributed by atoms with van der Waals surface area (Å²) in [5.74, 6) is 1.46. The van der Waals surface area contributed by atoms with Gasteiger partial charge in [0, 0.05) is 17.8 Å². The second kappa shape index (κ2) is 11.9. The fraction of sp³-hybridized carbons (Fsp3) is 0.226. The Hall–Kier alpha value is -3.72. The highest BCUT2D eigenvalue weighted by atomic mass is 15.4. The van der Waals surface area contributed by atoms with Gasteiger partial charge in [0.1, 0.15) is 5.82 Å². The summed E-state index contributed by atoms with van der Waals surface area (Å²) in [6.07, 6.45) is 4.13. The molecule has 0 spiro atoms. The number of aryl methyl sites for hydroxylation is 2. The minimum atomic E-state index is 0.695. The summed E-state index contributed by atoms with van der Waals surface area (Å²) in [6, 6.07) is 25.2. The third kappa shape index (κ3) is 7.70. The van der Waals surface area contributed by atoms with Gasteiger partial charge in [-0.1, -0.05) is 93.2 Å². The van der Waals surface area contributed by atoms with Crippen LogP contribution in [0.1, 0.15) is 48.1 Å². The molecule has 0 unspecified atom stereocenters. The number of hydrogen-bond acceptors (Lipinski definition) is 3. The van der Waals surface area contributed by atoms with Crippen molar-refractivity contribution in [2.24, 2.45) is 5.92 Å². The van der Waals surface area contributed by atoms with Crippen LogP contribution in [-0.4, -0.2) is 0 Å². The highest BCUT2D eigenvalue weighted by molar-refractivity contribution is 5.79. The van der Waals surface area contributed by atoms with E-state index in [9.17, 15) is 0 Å². The predicted molar refractivity (Wildman–Crippen MR) is 148 cm³/mol. The molecule has 3 heteroatoms. The maximum atomic E-state index is 4.16. The maximum absolute atomic E-state index is 4.16. The number of nitrogens with one attached hydrogen (secondary N) is 3. The van der Waals surface area contributed by atoms with Crippen molar-refractivity contribution >= 4 is 17.3 Å². The van der Waals surface area contributed by atoms with Crippen LogP contribution in [0.5, 0.6) is 0 Å². The first kappa shape index (κ1) is 24.9. The van der Waals surface area contributed by atoms with Gasteiger partial charge in [-0.05, 0) is 72.2 Å². The predicted octanol–water partition coefficient (Wildman–Crippen LogP) is 7.62. The molecule has 1 aliphatic carbocycles. The van der Waals surface area contributed by atoms with Gasteiger partial charge in [0.15, 0.2) is 0 Å². The first-order valence-corrected chi connectivity index (χ1v) is 11.9. The first-order chi connectivity index (χ1) is 16.3. The molecule has 0 saturated carbocycles. The number of benzene rings is 3. The quantitative estimate of drug-likeness (QED) is 0.323. The van der Waals surface area contributed by atoms with Crippen molar-refractivity contribution in [1.29, 1.82) is 0 Å². The van der Waals surface area contributed by atoms with Gasteiger partial charge in [-0.2, -0.15) is 0 Å². The van der Waals surface area contributed by atoms with Crippen LogP contribution in [0.15, 0.2) is 97.5 Å². The molecule has 1 aliphatic rings. The Kier molecular flexibility index (Phi) is 8.75. The van der Waals surface area contributed by atoms with E-state index in [0.717, 1.165) is 29.3 Å². The molecule has 3 N–H and O–H groups in total. The van der Waals surface area contributed by atoms with Crippen molar-refractivity contribution in [3.05, 3.63) is 125 Å².